The first-order chi connectivity index (χ1) is 14.1. The summed E-state index contributed by atoms with van der Waals surface area (Å²) in [6, 6.07) is 16.0. The van der Waals surface area contributed by atoms with Gasteiger partial charge in [-0.2, -0.15) is 0 Å². The minimum Gasteiger partial charge on any atom is -0.339 e. The molecule has 0 bridgehead atoms. The zero-order chi connectivity index (χ0) is 20.0. The molecule has 1 N–H and O–H groups in total. The Morgan fingerprint density at radius 3 is 2.62 bits per heavy atom. The molecule has 3 heterocycles. The van der Waals surface area contributed by atoms with Crippen molar-refractivity contribution in [1.82, 2.24) is 19.4 Å². The van der Waals surface area contributed by atoms with Crippen LogP contribution in [0.1, 0.15) is 11.1 Å². The van der Waals surface area contributed by atoms with E-state index in [9.17, 15) is 0 Å². The number of imidazole rings is 1. The van der Waals surface area contributed by atoms with E-state index < -0.39 is 0 Å². The molecule has 5 rings (SSSR count). The molecule has 0 saturated heterocycles. The van der Waals surface area contributed by atoms with Gasteiger partial charge in [0.1, 0.15) is 17.2 Å². The van der Waals surface area contributed by atoms with Crippen molar-refractivity contribution in [1.29, 1.82) is 0 Å². The van der Waals surface area contributed by atoms with Crippen LogP contribution in [-0.4, -0.2) is 19.4 Å². The topological polar surface area (TPSA) is 55.1 Å². The van der Waals surface area contributed by atoms with Crippen molar-refractivity contribution in [2.24, 2.45) is 0 Å². The summed E-state index contributed by atoms with van der Waals surface area (Å²) in [4.78, 5) is 13.8. The molecular formula is C23H18ClN5. The van der Waals surface area contributed by atoms with Gasteiger partial charge in [-0.3, -0.25) is 14.4 Å². The van der Waals surface area contributed by atoms with Gasteiger partial charge < -0.3 is 5.32 Å². The number of nitrogens with one attached hydrogen (secondary N) is 1. The van der Waals surface area contributed by atoms with Crippen LogP contribution in [0.15, 0.2) is 67.1 Å². The van der Waals surface area contributed by atoms with Crippen molar-refractivity contribution in [3.8, 4) is 11.3 Å². The smallest absolute Gasteiger partial charge is 0.143 e. The molecule has 0 aliphatic heterocycles. The van der Waals surface area contributed by atoms with Gasteiger partial charge in [0, 0.05) is 34.9 Å². The second-order valence-electron chi connectivity index (χ2n) is 6.99. The van der Waals surface area contributed by atoms with Gasteiger partial charge in [-0.15, -0.1) is 0 Å². The number of benzene rings is 2. The Labute approximate surface area is 173 Å². The van der Waals surface area contributed by atoms with E-state index in [0.29, 0.717) is 0 Å². The van der Waals surface area contributed by atoms with Crippen molar-refractivity contribution in [2.45, 2.75) is 13.8 Å². The van der Waals surface area contributed by atoms with Gasteiger partial charge in [0.05, 0.1) is 11.0 Å². The van der Waals surface area contributed by atoms with Gasteiger partial charge in [0.2, 0.25) is 0 Å². The number of aromatic nitrogens is 4. The monoisotopic (exact) mass is 399 g/mol. The van der Waals surface area contributed by atoms with E-state index in [-0.39, 0.29) is 0 Å². The van der Waals surface area contributed by atoms with Crippen molar-refractivity contribution < 1.29 is 0 Å². The summed E-state index contributed by atoms with van der Waals surface area (Å²) in [5.41, 5.74) is 7.47. The quantitative estimate of drug-likeness (QED) is 0.406. The van der Waals surface area contributed by atoms with Crippen molar-refractivity contribution in [2.75, 3.05) is 5.32 Å². The molecule has 3 aromatic heterocycles. The molecule has 0 amide bonds. The number of fused-ring (bicyclic) bond motifs is 2. The van der Waals surface area contributed by atoms with Crippen molar-refractivity contribution in [3.63, 3.8) is 0 Å². The maximum absolute atomic E-state index is 6.34. The summed E-state index contributed by atoms with van der Waals surface area (Å²) < 4.78 is 2.08. The summed E-state index contributed by atoms with van der Waals surface area (Å²) in [6.07, 6.45) is 5.42. The number of nitrogens with zero attached hydrogens (tertiary/aromatic N) is 4. The Kier molecular flexibility index (Phi) is 4.18. The fourth-order valence-electron chi connectivity index (χ4n) is 3.51. The minimum atomic E-state index is 0.725. The summed E-state index contributed by atoms with van der Waals surface area (Å²) in [7, 11) is 0. The van der Waals surface area contributed by atoms with Crippen LogP contribution in [0.4, 0.5) is 11.5 Å². The van der Waals surface area contributed by atoms with Crippen molar-refractivity contribution >= 4 is 39.8 Å². The van der Waals surface area contributed by atoms with Crippen LogP contribution in [0.2, 0.25) is 5.02 Å². The maximum Gasteiger partial charge on any atom is 0.143 e. The van der Waals surface area contributed by atoms with Gasteiger partial charge in [-0.05, 0) is 55.3 Å². The molecule has 6 heteroatoms. The first-order valence-electron chi connectivity index (χ1n) is 9.33. The van der Waals surface area contributed by atoms with E-state index in [1.807, 2.05) is 55.6 Å². The molecule has 5 aromatic rings. The number of hydrogen-bond acceptors (Lipinski definition) is 4. The van der Waals surface area contributed by atoms with Crippen LogP contribution >= 0.6 is 11.6 Å². The van der Waals surface area contributed by atoms with Crippen LogP contribution in [0.5, 0.6) is 0 Å². The molecule has 29 heavy (non-hydrogen) atoms. The van der Waals surface area contributed by atoms with Gasteiger partial charge in [-0.1, -0.05) is 29.8 Å². The fourth-order valence-corrected chi connectivity index (χ4v) is 3.68. The Morgan fingerprint density at radius 1 is 0.931 bits per heavy atom. The largest absolute Gasteiger partial charge is 0.339 e. The molecule has 0 spiro atoms. The number of pyridine rings is 1. The molecule has 0 unspecified atom stereocenters. The summed E-state index contributed by atoms with van der Waals surface area (Å²) in [6.45, 7) is 4.07. The molecule has 5 nitrogen and oxygen atoms in total. The molecule has 0 saturated carbocycles. The predicted octanol–water partition coefficient (Wildman–Crippen LogP) is 5.96. The normalized spacial score (nSPS) is 11.3. The van der Waals surface area contributed by atoms with E-state index in [0.717, 1.165) is 55.6 Å². The molecular weight excluding hydrogens is 382 g/mol. The lowest BCUT2D eigenvalue weighted by Gasteiger charge is -2.12. The Bertz CT molecular complexity index is 1370. The third-order valence-corrected chi connectivity index (χ3v) is 5.52. The average Bonchev–Trinajstić information content (AvgIpc) is 3.11. The molecule has 0 fully saturated rings. The zero-order valence-corrected chi connectivity index (χ0v) is 16.8. The molecule has 142 valence electrons. The zero-order valence-electron chi connectivity index (χ0n) is 16.0. The van der Waals surface area contributed by atoms with Gasteiger partial charge in [0.15, 0.2) is 0 Å². The van der Waals surface area contributed by atoms with Crippen LogP contribution < -0.4 is 5.32 Å². The highest BCUT2D eigenvalue weighted by atomic mass is 35.5. The van der Waals surface area contributed by atoms with E-state index in [1.54, 1.807) is 12.4 Å². The fraction of sp³-hybridized carbons (Fsp3) is 0.0870. The summed E-state index contributed by atoms with van der Waals surface area (Å²) >= 11 is 6.34. The van der Waals surface area contributed by atoms with Gasteiger partial charge >= 0.3 is 0 Å². The van der Waals surface area contributed by atoms with E-state index in [1.165, 1.54) is 0 Å². The molecule has 0 aliphatic carbocycles. The number of hydrogen-bond donors (Lipinski definition) is 1. The lowest BCUT2D eigenvalue weighted by molar-refractivity contribution is 1.16. The van der Waals surface area contributed by atoms with E-state index in [4.69, 9.17) is 16.6 Å². The summed E-state index contributed by atoms with van der Waals surface area (Å²) in [5.74, 6) is 0.886. The van der Waals surface area contributed by atoms with Gasteiger partial charge in [0.25, 0.3) is 0 Å². The number of halogens is 1. The number of anilines is 2. The van der Waals surface area contributed by atoms with Crippen LogP contribution in [0, 0.1) is 13.8 Å². The lowest BCUT2D eigenvalue weighted by atomic mass is 10.1. The first-order valence-corrected chi connectivity index (χ1v) is 9.70. The van der Waals surface area contributed by atoms with Crippen LogP contribution in [0.3, 0.4) is 0 Å². The molecule has 0 atom stereocenters. The number of aryl methyl sites for hydroxylation is 1. The Morgan fingerprint density at radius 2 is 1.76 bits per heavy atom. The minimum absolute atomic E-state index is 0.725. The third-order valence-electron chi connectivity index (χ3n) is 5.11. The van der Waals surface area contributed by atoms with E-state index >= 15 is 0 Å². The number of rotatable bonds is 3. The molecule has 0 radical (unpaired) electrons. The SMILES string of the molecule is Cc1c(Cl)cccc1Nc1c(-c2ccc3nccnc3c2)nc2c(C)cccn12. The highest BCUT2D eigenvalue weighted by molar-refractivity contribution is 6.31. The second kappa shape index (κ2) is 6.87. The first kappa shape index (κ1) is 17.6. The highest BCUT2D eigenvalue weighted by Crippen LogP contribution is 2.34. The predicted molar refractivity (Wildman–Crippen MR) is 118 cm³/mol. The molecule has 0 aliphatic rings. The molecule has 2 aromatic carbocycles. The standard InChI is InChI=1S/C23H18ClN5/c1-14-5-4-12-29-22(14)28-21(16-8-9-19-20(13-16)26-11-10-25-19)23(29)27-18-7-3-6-17(24)15(18)2/h3-13,27H,1-2H3. The highest BCUT2D eigenvalue weighted by Gasteiger charge is 2.17. The Hall–Kier alpha value is -3.44. The average molecular weight is 400 g/mol. The summed E-state index contributed by atoms with van der Waals surface area (Å²) in [5, 5.41) is 4.28. The maximum atomic E-state index is 6.34. The Balaban J connectivity index is 1.75. The van der Waals surface area contributed by atoms with Crippen LogP contribution in [0.25, 0.3) is 27.9 Å². The third kappa shape index (κ3) is 3.00. The van der Waals surface area contributed by atoms with E-state index in [2.05, 4.69) is 32.7 Å². The van der Waals surface area contributed by atoms with Gasteiger partial charge in [-0.25, -0.2) is 4.98 Å². The van der Waals surface area contributed by atoms with Crippen LogP contribution in [-0.2, 0) is 0 Å². The second-order valence-corrected chi connectivity index (χ2v) is 7.40. The lowest BCUT2D eigenvalue weighted by Crippen LogP contribution is -1.99. The van der Waals surface area contributed by atoms with Crippen molar-refractivity contribution in [3.05, 3.63) is 83.3 Å².